The minimum absolute atomic E-state index is 0.000626. The Bertz CT molecular complexity index is 726. The number of rotatable bonds is 2. The SMILES string of the molecule is O=C(NC1CCOC2(CCCCC2)C1)c1nccc2ccccc12. The van der Waals surface area contributed by atoms with Crippen LogP contribution in [-0.4, -0.2) is 29.1 Å². The van der Waals surface area contributed by atoms with Crippen molar-refractivity contribution in [3.05, 3.63) is 42.2 Å². The lowest BCUT2D eigenvalue weighted by Crippen LogP contribution is -2.49. The summed E-state index contributed by atoms with van der Waals surface area (Å²) in [5, 5.41) is 5.18. The van der Waals surface area contributed by atoms with Gasteiger partial charge in [-0.2, -0.15) is 0 Å². The van der Waals surface area contributed by atoms with Gasteiger partial charge < -0.3 is 10.1 Å². The van der Waals surface area contributed by atoms with Crippen LogP contribution in [0.25, 0.3) is 10.8 Å². The van der Waals surface area contributed by atoms with Gasteiger partial charge in [0.05, 0.1) is 5.60 Å². The van der Waals surface area contributed by atoms with Gasteiger partial charge in [-0.25, -0.2) is 0 Å². The molecule has 1 saturated carbocycles. The van der Waals surface area contributed by atoms with E-state index in [4.69, 9.17) is 4.74 Å². The van der Waals surface area contributed by atoms with E-state index in [1.165, 1.54) is 19.3 Å². The highest BCUT2D eigenvalue weighted by molar-refractivity contribution is 6.05. The number of hydrogen-bond acceptors (Lipinski definition) is 3. The predicted molar refractivity (Wildman–Crippen MR) is 94.0 cm³/mol. The van der Waals surface area contributed by atoms with E-state index >= 15 is 0 Å². The lowest BCUT2D eigenvalue weighted by molar-refractivity contribution is -0.107. The molecule has 4 heteroatoms. The Labute approximate surface area is 142 Å². The fourth-order valence-electron chi connectivity index (χ4n) is 4.25. The maximum absolute atomic E-state index is 12.8. The lowest BCUT2D eigenvalue weighted by Gasteiger charge is -2.43. The fraction of sp³-hybridized carbons (Fsp3) is 0.500. The van der Waals surface area contributed by atoms with Crippen LogP contribution in [0.1, 0.15) is 55.4 Å². The summed E-state index contributed by atoms with van der Waals surface area (Å²) in [5.74, 6) is -0.0651. The Kier molecular flexibility index (Phi) is 4.23. The molecule has 2 aliphatic rings. The van der Waals surface area contributed by atoms with Gasteiger partial charge in [0.15, 0.2) is 0 Å². The molecule has 4 nitrogen and oxygen atoms in total. The highest BCUT2D eigenvalue weighted by atomic mass is 16.5. The van der Waals surface area contributed by atoms with Crippen LogP contribution >= 0.6 is 0 Å². The molecule has 1 saturated heterocycles. The number of nitrogens with zero attached hydrogens (tertiary/aromatic N) is 1. The van der Waals surface area contributed by atoms with Gasteiger partial charge in [-0.3, -0.25) is 9.78 Å². The molecule has 1 unspecified atom stereocenters. The third-order valence-corrected chi connectivity index (χ3v) is 5.48. The number of ether oxygens (including phenoxy) is 1. The van der Waals surface area contributed by atoms with E-state index < -0.39 is 0 Å². The molecular formula is C20H24N2O2. The Morgan fingerprint density at radius 3 is 2.88 bits per heavy atom. The summed E-state index contributed by atoms with van der Waals surface area (Å²) in [6.07, 6.45) is 9.59. The topological polar surface area (TPSA) is 51.2 Å². The summed E-state index contributed by atoms with van der Waals surface area (Å²) in [6, 6.07) is 10.0. The number of carbonyl (C=O) groups is 1. The summed E-state index contributed by atoms with van der Waals surface area (Å²) in [4.78, 5) is 17.1. The smallest absolute Gasteiger partial charge is 0.270 e. The van der Waals surface area contributed by atoms with Crippen LogP contribution in [-0.2, 0) is 4.74 Å². The Morgan fingerprint density at radius 1 is 1.17 bits per heavy atom. The maximum atomic E-state index is 12.8. The van der Waals surface area contributed by atoms with Gasteiger partial charge in [-0.05, 0) is 37.1 Å². The largest absolute Gasteiger partial charge is 0.375 e. The van der Waals surface area contributed by atoms with Crippen molar-refractivity contribution in [2.75, 3.05) is 6.61 Å². The summed E-state index contributed by atoms with van der Waals surface area (Å²) >= 11 is 0. The van der Waals surface area contributed by atoms with Gasteiger partial charge in [0.1, 0.15) is 5.69 Å². The van der Waals surface area contributed by atoms with Gasteiger partial charge >= 0.3 is 0 Å². The standard InChI is InChI=1S/C20H24N2O2/c23-19(18-17-7-3-2-6-15(17)8-12-21-18)22-16-9-13-24-20(14-16)10-4-1-5-11-20/h2-3,6-8,12,16H,1,4-5,9-11,13-14H2,(H,22,23). The molecule has 2 heterocycles. The van der Waals surface area contributed by atoms with E-state index in [9.17, 15) is 4.79 Å². The number of benzene rings is 1. The zero-order chi connectivity index (χ0) is 16.4. The number of pyridine rings is 1. The predicted octanol–water partition coefficient (Wildman–Crippen LogP) is 3.85. The molecule has 1 aromatic heterocycles. The average Bonchev–Trinajstić information content (AvgIpc) is 2.62. The molecule has 126 valence electrons. The van der Waals surface area contributed by atoms with Crippen LogP contribution in [0.3, 0.4) is 0 Å². The number of fused-ring (bicyclic) bond motifs is 1. The molecule has 0 radical (unpaired) electrons. The van der Waals surface area contributed by atoms with Crippen LogP contribution in [0.5, 0.6) is 0 Å². The maximum Gasteiger partial charge on any atom is 0.270 e. The first-order valence-corrected chi connectivity index (χ1v) is 9.04. The van der Waals surface area contributed by atoms with Crippen molar-refractivity contribution in [1.82, 2.24) is 10.3 Å². The van der Waals surface area contributed by atoms with Crippen molar-refractivity contribution < 1.29 is 9.53 Å². The first kappa shape index (κ1) is 15.6. The molecule has 4 rings (SSSR count). The highest BCUT2D eigenvalue weighted by Gasteiger charge is 2.39. The average molecular weight is 324 g/mol. The van der Waals surface area contributed by atoms with Crippen molar-refractivity contribution in [3.63, 3.8) is 0 Å². The third-order valence-electron chi connectivity index (χ3n) is 5.48. The van der Waals surface area contributed by atoms with Crippen molar-refractivity contribution >= 4 is 16.7 Å². The third kappa shape index (κ3) is 3.03. The van der Waals surface area contributed by atoms with E-state index in [0.29, 0.717) is 5.69 Å². The summed E-state index contributed by atoms with van der Waals surface area (Å²) < 4.78 is 6.13. The van der Waals surface area contributed by atoms with Crippen molar-refractivity contribution in [1.29, 1.82) is 0 Å². The number of hydrogen-bond donors (Lipinski definition) is 1. The normalized spacial score (nSPS) is 23.2. The van der Waals surface area contributed by atoms with Gasteiger partial charge in [0.2, 0.25) is 0 Å². The summed E-state index contributed by atoms with van der Waals surface area (Å²) in [5.41, 5.74) is 0.526. The van der Waals surface area contributed by atoms with E-state index in [1.54, 1.807) is 6.20 Å². The number of aromatic nitrogens is 1. The second-order valence-corrected chi connectivity index (χ2v) is 7.14. The molecule has 24 heavy (non-hydrogen) atoms. The molecule has 0 bridgehead atoms. The molecule has 1 aliphatic carbocycles. The molecule has 1 N–H and O–H groups in total. The van der Waals surface area contributed by atoms with Gasteiger partial charge in [0, 0.05) is 24.2 Å². The van der Waals surface area contributed by atoms with Crippen molar-refractivity contribution in [3.8, 4) is 0 Å². The van der Waals surface area contributed by atoms with E-state index in [1.807, 2.05) is 30.3 Å². The van der Waals surface area contributed by atoms with Crippen LogP contribution in [0.4, 0.5) is 0 Å². The summed E-state index contributed by atoms with van der Waals surface area (Å²) in [7, 11) is 0. The van der Waals surface area contributed by atoms with Crippen LogP contribution in [0.2, 0.25) is 0 Å². The Morgan fingerprint density at radius 2 is 2.00 bits per heavy atom. The fourth-order valence-corrected chi connectivity index (χ4v) is 4.25. The zero-order valence-electron chi connectivity index (χ0n) is 14.0. The van der Waals surface area contributed by atoms with Crippen molar-refractivity contribution in [2.24, 2.45) is 0 Å². The minimum atomic E-state index is -0.0651. The van der Waals surface area contributed by atoms with Gasteiger partial charge in [-0.15, -0.1) is 0 Å². The Balaban J connectivity index is 1.51. The lowest BCUT2D eigenvalue weighted by atomic mass is 9.78. The number of nitrogens with one attached hydrogen (secondary N) is 1. The van der Waals surface area contributed by atoms with Crippen LogP contribution in [0, 0.1) is 0 Å². The molecule has 1 aromatic carbocycles. The number of amides is 1. The van der Waals surface area contributed by atoms with E-state index in [2.05, 4.69) is 10.3 Å². The van der Waals surface area contributed by atoms with Gasteiger partial charge in [-0.1, -0.05) is 43.5 Å². The second-order valence-electron chi connectivity index (χ2n) is 7.14. The zero-order valence-corrected chi connectivity index (χ0v) is 14.0. The molecule has 1 atom stereocenters. The van der Waals surface area contributed by atoms with Crippen LogP contribution in [0.15, 0.2) is 36.5 Å². The molecule has 1 amide bonds. The molecule has 2 fully saturated rings. The molecule has 1 spiro atoms. The number of carbonyl (C=O) groups excluding carboxylic acids is 1. The van der Waals surface area contributed by atoms with E-state index in [-0.39, 0.29) is 17.6 Å². The second kappa shape index (κ2) is 6.52. The summed E-state index contributed by atoms with van der Waals surface area (Å²) in [6.45, 7) is 0.744. The van der Waals surface area contributed by atoms with Gasteiger partial charge in [0.25, 0.3) is 5.91 Å². The van der Waals surface area contributed by atoms with Crippen LogP contribution < -0.4 is 5.32 Å². The molecular weight excluding hydrogens is 300 g/mol. The Hall–Kier alpha value is -1.94. The quantitative estimate of drug-likeness (QED) is 0.913. The minimum Gasteiger partial charge on any atom is -0.375 e. The highest BCUT2D eigenvalue weighted by Crippen LogP contribution is 2.38. The first-order valence-electron chi connectivity index (χ1n) is 9.04. The van der Waals surface area contributed by atoms with E-state index in [0.717, 1.165) is 43.1 Å². The monoisotopic (exact) mass is 324 g/mol. The molecule has 2 aromatic rings. The molecule has 1 aliphatic heterocycles. The first-order chi connectivity index (χ1) is 11.8. The van der Waals surface area contributed by atoms with Crippen molar-refractivity contribution in [2.45, 2.75) is 56.6 Å².